The van der Waals surface area contributed by atoms with Crippen molar-refractivity contribution in [1.29, 1.82) is 0 Å². The van der Waals surface area contributed by atoms with E-state index in [4.69, 9.17) is 20.8 Å². The number of benzene rings is 2. The van der Waals surface area contributed by atoms with E-state index in [9.17, 15) is 9.59 Å². The summed E-state index contributed by atoms with van der Waals surface area (Å²) in [6, 6.07) is 12.6. The van der Waals surface area contributed by atoms with E-state index in [0.717, 1.165) is 5.56 Å². The molecule has 7 heteroatoms. The van der Waals surface area contributed by atoms with Gasteiger partial charge in [0.05, 0.1) is 12.5 Å². The molecule has 1 aromatic heterocycles. The van der Waals surface area contributed by atoms with E-state index in [0.29, 0.717) is 40.9 Å². The van der Waals surface area contributed by atoms with Gasteiger partial charge < -0.3 is 14.1 Å². The van der Waals surface area contributed by atoms with Gasteiger partial charge in [-0.3, -0.25) is 9.59 Å². The highest BCUT2D eigenvalue weighted by molar-refractivity contribution is 6.30. The summed E-state index contributed by atoms with van der Waals surface area (Å²) in [7, 11) is 0. The van der Waals surface area contributed by atoms with Crippen LogP contribution in [0.5, 0.6) is 0 Å². The first kappa shape index (κ1) is 17.5. The molecule has 1 unspecified atom stereocenters. The molecule has 0 radical (unpaired) electrons. The molecule has 3 aromatic rings. The maximum Gasteiger partial charge on any atom is 0.311 e. The number of hydrogen-bond donors (Lipinski definition) is 0. The first-order valence-electron chi connectivity index (χ1n) is 8.68. The maximum atomic E-state index is 12.4. The number of fused-ring (bicyclic) bond motifs is 1. The summed E-state index contributed by atoms with van der Waals surface area (Å²) >= 11 is 6.03. The molecule has 0 spiro atoms. The van der Waals surface area contributed by atoms with Crippen molar-refractivity contribution >= 4 is 40.3 Å². The number of carbonyl (C=O) groups excluding carboxylic acids is 2. The highest BCUT2D eigenvalue weighted by Crippen LogP contribution is 2.31. The lowest BCUT2D eigenvalue weighted by Crippen LogP contribution is -2.26. The molecule has 1 fully saturated rings. The van der Waals surface area contributed by atoms with Gasteiger partial charge in [-0.2, -0.15) is 0 Å². The summed E-state index contributed by atoms with van der Waals surface area (Å²) in [5, 5.41) is 0.600. The zero-order chi connectivity index (χ0) is 19.0. The van der Waals surface area contributed by atoms with Crippen molar-refractivity contribution in [2.24, 2.45) is 5.92 Å². The molecule has 1 atom stereocenters. The monoisotopic (exact) mass is 384 g/mol. The van der Waals surface area contributed by atoms with Gasteiger partial charge in [-0.05, 0) is 43.3 Å². The van der Waals surface area contributed by atoms with E-state index in [2.05, 4.69) is 4.98 Å². The number of hydrogen-bond acceptors (Lipinski definition) is 5. The Kier molecular flexibility index (Phi) is 4.58. The normalized spacial score (nSPS) is 16.9. The first-order valence-corrected chi connectivity index (χ1v) is 9.06. The lowest BCUT2D eigenvalue weighted by molar-refractivity contribution is -0.147. The number of rotatable bonds is 4. The number of nitrogens with zero attached hydrogens (tertiary/aromatic N) is 2. The standard InChI is InChI=1S/C20H17ClN2O4/c1-2-26-20(25)13-9-18(24)23(11-13)15-6-7-17-16(10-15)22-19(27-17)12-4-3-5-14(21)8-12/h3-8,10,13H,2,9,11H2,1H3. The van der Waals surface area contributed by atoms with Crippen LogP contribution in [0.3, 0.4) is 0 Å². The van der Waals surface area contributed by atoms with Crippen LogP contribution in [0.25, 0.3) is 22.6 Å². The van der Waals surface area contributed by atoms with Crippen molar-refractivity contribution in [3.8, 4) is 11.5 Å². The predicted octanol–water partition coefficient (Wildman–Crippen LogP) is 4.06. The lowest BCUT2D eigenvalue weighted by Gasteiger charge is -2.16. The second kappa shape index (κ2) is 7.04. The first-order chi connectivity index (χ1) is 13.0. The van der Waals surface area contributed by atoms with Crippen molar-refractivity contribution in [3.05, 3.63) is 47.5 Å². The largest absolute Gasteiger partial charge is 0.466 e. The van der Waals surface area contributed by atoms with E-state index in [-0.39, 0.29) is 18.3 Å². The second-order valence-corrected chi connectivity index (χ2v) is 6.78. The van der Waals surface area contributed by atoms with Crippen LogP contribution in [0.1, 0.15) is 13.3 Å². The van der Waals surface area contributed by atoms with Gasteiger partial charge in [-0.25, -0.2) is 4.98 Å². The van der Waals surface area contributed by atoms with E-state index < -0.39 is 5.92 Å². The highest BCUT2D eigenvalue weighted by atomic mass is 35.5. The summed E-state index contributed by atoms with van der Waals surface area (Å²) in [4.78, 5) is 30.4. The van der Waals surface area contributed by atoms with Crippen molar-refractivity contribution < 1.29 is 18.7 Å². The fraction of sp³-hybridized carbons (Fsp3) is 0.250. The highest BCUT2D eigenvalue weighted by Gasteiger charge is 2.36. The Hall–Kier alpha value is -2.86. The summed E-state index contributed by atoms with van der Waals surface area (Å²) in [5.41, 5.74) is 2.71. The van der Waals surface area contributed by atoms with Crippen molar-refractivity contribution in [3.63, 3.8) is 0 Å². The molecular formula is C20H17ClN2O4. The van der Waals surface area contributed by atoms with Gasteiger partial charge in [0.1, 0.15) is 5.52 Å². The van der Waals surface area contributed by atoms with Gasteiger partial charge in [0.2, 0.25) is 11.8 Å². The smallest absolute Gasteiger partial charge is 0.311 e. The number of amides is 1. The van der Waals surface area contributed by atoms with Gasteiger partial charge in [0.15, 0.2) is 5.58 Å². The molecule has 0 saturated carbocycles. The Morgan fingerprint density at radius 2 is 2.19 bits per heavy atom. The topological polar surface area (TPSA) is 72.6 Å². The number of oxazole rings is 1. The fourth-order valence-corrected chi connectivity index (χ4v) is 3.39. The Morgan fingerprint density at radius 1 is 1.33 bits per heavy atom. The minimum absolute atomic E-state index is 0.106. The molecule has 0 bridgehead atoms. The zero-order valence-corrected chi connectivity index (χ0v) is 15.4. The van der Waals surface area contributed by atoms with Gasteiger partial charge in [0, 0.05) is 29.2 Å². The molecule has 4 rings (SSSR count). The zero-order valence-electron chi connectivity index (χ0n) is 14.6. The lowest BCUT2D eigenvalue weighted by atomic mass is 10.1. The molecule has 0 N–H and O–H groups in total. The molecule has 6 nitrogen and oxygen atoms in total. The summed E-state index contributed by atoms with van der Waals surface area (Å²) in [6.07, 6.45) is 0.156. The molecule has 2 heterocycles. The quantitative estimate of drug-likeness (QED) is 0.634. The van der Waals surface area contributed by atoms with Gasteiger partial charge in [0.25, 0.3) is 0 Å². The molecular weight excluding hydrogens is 368 g/mol. The third-order valence-electron chi connectivity index (χ3n) is 4.50. The Bertz CT molecular complexity index is 1030. The van der Waals surface area contributed by atoms with Crippen molar-refractivity contribution in [2.75, 3.05) is 18.1 Å². The molecule has 2 aromatic carbocycles. The van der Waals surface area contributed by atoms with Gasteiger partial charge >= 0.3 is 5.97 Å². The van der Waals surface area contributed by atoms with Crippen LogP contribution in [0.4, 0.5) is 5.69 Å². The van der Waals surface area contributed by atoms with Crippen LogP contribution in [0.2, 0.25) is 5.02 Å². The molecule has 0 aliphatic carbocycles. The molecule has 1 saturated heterocycles. The average molecular weight is 385 g/mol. The Balaban J connectivity index is 1.62. The molecule has 1 amide bonds. The minimum atomic E-state index is -0.438. The van der Waals surface area contributed by atoms with Crippen LogP contribution in [0.15, 0.2) is 46.9 Å². The number of esters is 1. The van der Waals surface area contributed by atoms with E-state index in [1.807, 2.05) is 12.1 Å². The van der Waals surface area contributed by atoms with E-state index in [1.54, 1.807) is 42.2 Å². The van der Waals surface area contributed by atoms with Crippen LogP contribution in [-0.2, 0) is 14.3 Å². The van der Waals surface area contributed by atoms with Crippen LogP contribution < -0.4 is 4.90 Å². The van der Waals surface area contributed by atoms with Crippen LogP contribution in [0, 0.1) is 5.92 Å². The van der Waals surface area contributed by atoms with E-state index >= 15 is 0 Å². The Labute approximate surface area is 160 Å². The van der Waals surface area contributed by atoms with Crippen LogP contribution >= 0.6 is 11.6 Å². The average Bonchev–Trinajstić information content (AvgIpc) is 3.25. The number of anilines is 1. The second-order valence-electron chi connectivity index (χ2n) is 6.34. The number of ether oxygens (including phenoxy) is 1. The van der Waals surface area contributed by atoms with Gasteiger partial charge in [-0.1, -0.05) is 17.7 Å². The maximum absolute atomic E-state index is 12.4. The minimum Gasteiger partial charge on any atom is -0.466 e. The van der Waals surface area contributed by atoms with Crippen molar-refractivity contribution in [1.82, 2.24) is 4.98 Å². The van der Waals surface area contributed by atoms with E-state index in [1.165, 1.54) is 0 Å². The number of carbonyl (C=O) groups is 2. The Morgan fingerprint density at radius 3 is 2.96 bits per heavy atom. The molecule has 138 valence electrons. The number of aromatic nitrogens is 1. The third kappa shape index (κ3) is 3.40. The summed E-state index contributed by atoms with van der Waals surface area (Å²) in [6.45, 7) is 2.37. The summed E-state index contributed by atoms with van der Waals surface area (Å²) in [5.74, 6) is -0.417. The molecule has 27 heavy (non-hydrogen) atoms. The van der Waals surface area contributed by atoms with Gasteiger partial charge in [-0.15, -0.1) is 0 Å². The predicted molar refractivity (Wildman–Crippen MR) is 102 cm³/mol. The van der Waals surface area contributed by atoms with Crippen LogP contribution in [-0.4, -0.2) is 30.0 Å². The summed E-state index contributed by atoms with van der Waals surface area (Å²) < 4.78 is 10.8. The molecule has 1 aliphatic rings. The third-order valence-corrected chi connectivity index (χ3v) is 4.73. The SMILES string of the molecule is CCOC(=O)C1CC(=O)N(c2ccc3oc(-c4cccc(Cl)c4)nc3c2)C1. The fourth-order valence-electron chi connectivity index (χ4n) is 3.20. The van der Waals surface area contributed by atoms with Crippen molar-refractivity contribution in [2.45, 2.75) is 13.3 Å². The molecule has 1 aliphatic heterocycles. The number of halogens is 1.